The Morgan fingerprint density at radius 3 is 2.38 bits per heavy atom. The Morgan fingerprint density at radius 1 is 1.38 bits per heavy atom. The molecule has 1 aromatic carbocycles. The van der Waals surface area contributed by atoms with E-state index in [1.165, 1.54) is 7.11 Å². The summed E-state index contributed by atoms with van der Waals surface area (Å²) in [5, 5.41) is 0.420. The molecule has 0 atom stereocenters. The van der Waals surface area contributed by atoms with Crippen LogP contribution in [0.1, 0.15) is 16.7 Å². The summed E-state index contributed by atoms with van der Waals surface area (Å²) in [7, 11) is 3.16. The van der Waals surface area contributed by atoms with Crippen LogP contribution in [-0.2, 0) is 14.8 Å². The van der Waals surface area contributed by atoms with E-state index < -0.39 is 9.05 Å². The summed E-state index contributed by atoms with van der Waals surface area (Å²) >= 11 is 6.04. The van der Waals surface area contributed by atoms with Crippen LogP contribution >= 0.6 is 22.3 Å². The fourth-order valence-electron chi connectivity index (χ4n) is 1.50. The van der Waals surface area contributed by atoms with Crippen molar-refractivity contribution in [2.75, 3.05) is 7.11 Å². The number of ether oxygens (including phenoxy) is 1. The largest absolute Gasteiger partial charge is 0.495 e. The second kappa shape index (κ2) is 4.82. The summed E-state index contributed by atoms with van der Waals surface area (Å²) in [5.41, 5.74) is 2.10. The molecule has 0 saturated heterocycles. The molecule has 0 aliphatic carbocycles. The first-order chi connectivity index (χ1) is 7.26. The van der Waals surface area contributed by atoms with Crippen molar-refractivity contribution in [1.29, 1.82) is 0 Å². The van der Waals surface area contributed by atoms with Gasteiger partial charge in [-0.15, -0.1) is 0 Å². The van der Waals surface area contributed by atoms with Crippen molar-refractivity contribution in [2.24, 2.45) is 0 Å². The van der Waals surface area contributed by atoms with Crippen molar-refractivity contribution in [1.82, 2.24) is 0 Å². The van der Waals surface area contributed by atoms with E-state index in [9.17, 15) is 8.42 Å². The molecule has 0 radical (unpaired) electrons. The molecular formula is C10H12Cl2O3S. The fourth-order valence-corrected chi connectivity index (χ4v) is 2.87. The zero-order chi connectivity index (χ0) is 12.5. The number of benzene rings is 1. The third-order valence-corrected chi connectivity index (χ3v) is 3.79. The Balaban J connectivity index is 3.37. The molecule has 0 fully saturated rings. The molecule has 0 N–H and O–H groups in total. The molecule has 0 aliphatic rings. The van der Waals surface area contributed by atoms with E-state index in [1.807, 2.05) is 0 Å². The van der Waals surface area contributed by atoms with Crippen molar-refractivity contribution < 1.29 is 13.2 Å². The van der Waals surface area contributed by atoms with Crippen molar-refractivity contribution >= 4 is 31.3 Å². The van der Waals surface area contributed by atoms with E-state index in [-0.39, 0.29) is 5.75 Å². The Hall–Kier alpha value is -0.450. The molecule has 0 spiro atoms. The van der Waals surface area contributed by atoms with E-state index in [2.05, 4.69) is 0 Å². The first-order valence-electron chi connectivity index (χ1n) is 4.51. The number of aryl methyl sites for hydroxylation is 1. The van der Waals surface area contributed by atoms with Gasteiger partial charge in [-0.05, 0) is 36.6 Å². The maximum absolute atomic E-state index is 11.1. The zero-order valence-corrected chi connectivity index (χ0v) is 11.5. The Bertz CT molecular complexity index is 509. The number of methoxy groups -OCH3 is 1. The average Bonchev–Trinajstić information content (AvgIpc) is 2.17. The smallest absolute Gasteiger partial charge is 0.236 e. The maximum Gasteiger partial charge on any atom is 0.236 e. The Kier molecular flexibility index (Phi) is 4.10. The van der Waals surface area contributed by atoms with Gasteiger partial charge in [0.25, 0.3) is 0 Å². The highest BCUT2D eigenvalue weighted by molar-refractivity contribution is 8.13. The molecule has 3 nitrogen and oxygen atoms in total. The first-order valence-corrected chi connectivity index (χ1v) is 7.36. The lowest BCUT2D eigenvalue weighted by Gasteiger charge is -2.13. The van der Waals surface area contributed by atoms with Crippen LogP contribution in [0.4, 0.5) is 0 Å². The lowest BCUT2D eigenvalue weighted by Crippen LogP contribution is -2.02. The minimum Gasteiger partial charge on any atom is -0.495 e. The SMILES string of the molecule is COc1cc(C)c(CS(=O)(=O)Cl)c(C)c1Cl. The molecule has 0 saturated carbocycles. The molecule has 0 bridgehead atoms. The van der Waals surface area contributed by atoms with Crippen molar-refractivity contribution in [3.05, 3.63) is 27.8 Å². The standard InChI is InChI=1S/C10H12Cl2O3S/c1-6-4-9(15-3)10(11)7(2)8(6)5-16(12,13)14/h4H,5H2,1-3H3. The highest BCUT2D eigenvalue weighted by atomic mass is 35.7. The topological polar surface area (TPSA) is 43.4 Å². The molecule has 0 aliphatic heterocycles. The number of hydrogen-bond acceptors (Lipinski definition) is 3. The summed E-state index contributed by atoms with van der Waals surface area (Å²) in [4.78, 5) is 0. The van der Waals surface area contributed by atoms with Crippen LogP contribution in [0.5, 0.6) is 5.75 Å². The average molecular weight is 283 g/mol. The second-order valence-corrected chi connectivity index (χ2v) is 6.65. The van der Waals surface area contributed by atoms with Crippen LogP contribution in [-0.4, -0.2) is 15.5 Å². The molecule has 6 heteroatoms. The molecule has 0 unspecified atom stereocenters. The molecule has 16 heavy (non-hydrogen) atoms. The van der Waals surface area contributed by atoms with Gasteiger partial charge in [-0.3, -0.25) is 0 Å². The first kappa shape index (κ1) is 13.6. The number of halogens is 2. The van der Waals surface area contributed by atoms with E-state index in [1.54, 1.807) is 19.9 Å². The van der Waals surface area contributed by atoms with Crippen molar-refractivity contribution in [3.63, 3.8) is 0 Å². The summed E-state index contributed by atoms with van der Waals surface area (Å²) in [6.45, 7) is 3.54. The van der Waals surface area contributed by atoms with Crippen LogP contribution in [0, 0.1) is 13.8 Å². The van der Waals surface area contributed by atoms with Gasteiger partial charge >= 0.3 is 0 Å². The lowest BCUT2D eigenvalue weighted by atomic mass is 10.0. The van der Waals surface area contributed by atoms with Gasteiger partial charge in [-0.2, -0.15) is 0 Å². The third kappa shape index (κ3) is 3.03. The van der Waals surface area contributed by atoms with Gasteiger partial charge in [0.1, 0.15) is 5.75 Å². The van der Waals surface area contributed by atoms with Crippen molar-refractivity contribution in [3.8, 4) is 5.75 Å². The van der Waals surface area contributed by atoms with Gasteiger partial charge in [0.15, 0.2) is 0 Å². The highest BCUT2D eigenvalue weighted by Gasteiger charge is 2.16. The predicted octanol–water partition coefficient (Wildman–Crippen LogP) is 3.03. The Labute approximate surface area is 105 Å². The predicted molar refractivity (Wildman–Crippen MR) is 66.0 cm³/mol. The summed E-state index contributed by atoms with van der Waals surface area (Å²) in [6, 6.07) is 1.70. The molecular weight excluding hydrogens is 271 g/mol. The van der Waals surface area contributed by atoms with Gasteiger partial charge in [0.05, 0.1) is 17.9 Å². The Morgan fingerprint density at radius 2 is 1.94 bits per heavy atom. The van der Waals surface area contributed by atoms with Crippen LogP contribution < -0.4 is 4.74 Å². The van der Waals surface area contributed by atoms with Gasteiger partial charge in [-0.25, -0.2) is 8.42 Å². The molecule has 1 rings (SSSR count). The van der Waals surface area contributed by atoms with Gasteiger partial charge in [-0.1, -0.05) is 11.6 Å². The highest BCUT2D eigenvalue weighted by Crippen LogP contribution is 2.33. The van der Waals surface area contributed by atoms with Crippen LogP contribution in [0.25, 0.3) is 0 Å². The molecule has 0 amide bonds. The number of rotatable bonds is 3. The molecule has 0 aromatic heterocycles. The van der Waals surface area contributed by atoms with Gasteiger partial charge < -0.3 is 4.74 Å². The van der Waals surface area contributed by atoms with E-state index in [4.69, 9.17) is 27.0 Å². The second-order valence-electron chi connectivity index (χ2n) is 3.50. The maximum atomic E-state index is 11.1. The zero-order valence-electron chi connectivity index (χ0n) is 9.17. The third-order valence-electron chi connectivity index (χ3n) is 2.36. The monoisotopic (exact) mass is 282 g/mol. The normalized spacial score (nSPS) is 11.6. The fraction of sp³-hybridized carbons (Fsp3) is 0.400. The van der Waals surface area contributed by atoms with E-state index in [0.717, 1.165) is 5.56 Å². The van der Waals surface area contributed by atoms with Crippen LogP contribution in [0.2, 0.25) is 5.02 Å². The van der Waals surface area contributed by atoms with Crippen LogP contribution in [0.3, 0.4) is 0 Å². The molecule has 0 heterocycles. The van der Waals surface area contributed by atoms with E-state index in [0.29, 0.717) is 21.9 Å². The minimum absolute atomic E-state index is 0.226. The van der Waals surface area contributed by atoms with Gasteiger partial charge in [0, 0.05) is 10.7 Å². The van der Waals surface area contributed by atoms with Crippen molar-refractivity contribution in [2.45, 2.75) is 19.6 Å². The summed E-state index contributed by atoms with van der Waals surface area (Å²) < 4.78 is 27.2. The summed E-state index contributed by atoms with van der Waals surface area (Å²) in [6.07, 6.45) is 0. The lowest BCUT2D eigenvalue weighted by molar-refractivity contribution is 0.414. The van der Waals surface area contributed by atoms with Gasteiger partial charge in [0.2, 0.25) is 9.05 Å². The van der Waals surface area contributed by atoms with E-state index >= 15 is 0 Å². The summed E-state index contributed by atoms with van der Waals surface area (Å²) in [5.74, 6) is 0.308. The minimum atomic E-state index is -3.59. The molecule has 90 valence electrons. The molecule has 1 aromatic rings. The van der Waals surface area contributed by atoms with Crippen LogP contribution in [0.15, 0.2) is 6.07 Å². The number of hydrogen-bond donors (Lipinski definition) is 0. The quantitative estimate of drug-likeness (QED) is 0.801.